The van der Waals surface area contributed by atoms with Crippen LogP contribution in [0, 0.1) is 0 Å². The molecule has 2 N–H and O–H groups in total. The molecule has 0 bridgehead atoms. The van der Waals surface area contributed by atoms with Gasteiger partial charge in [-0.1, -0.05) is 0 Å². The Labute approximate surface area is 98.3 Å². The zero-order valence-electron chi connectivity index (χ0n) is 8.90. The van der Waals surface area contributed by atoms with Crippen molar-refractivity contribution < 1.29 is 19.1 Å². The highest BCUT2D eigenvalue weighted by Crippen LogP contribution is 2.15. The summed E-state index contributed by atoms with van der Waals surface area (Å²) in [5.41, 5.74) is 0.294. The second-order valence-electron chi connectivity index (χ2n) is 3.26. The van der Waals surface area contributed by atoms with Gasteiger partial charge >= 0.3 is 0 Å². The first-order chi connectivity index (χ1) is 7.65. The topological polar surface area (TPSA) is 71.7 Å². The molecule has 0 fully saturated rings. The predicted octanol–water partition coefficient (Wildman–Crippen LogP) is 1.06. The molecule has 0 spiro atoms. The molecule has 0 aliphatic rings. The molecule has 1 amide bonds. The van der Waals surface area contributed by atoms with Crippen molar-refractivity contribution in [2.24, 2.45) is 0 Å². The Hall–Kier alpha value is -1.04. The van der Waals surface area contributed by atoms with Crippen LogP contribution in [-0.2, 0) is 4.74 Å². The molecule has 0 saturated heterocycles. The number of aliphatic hydroxyl groups is 1. The second-order valence-corrected chi connectivity index (χ2v) is 3.61. The second kappa shape index (κ2) is 6.52. The Morgan fingerprint density at radius 1 is 1.75 bits per heavy atom. The zero-order chi connectivity index (χ0) is 12.0. The normalized spacial score (nSPS) is 12.4. The average molecular weight is 248 g/mol. The first kappa shape index (κ1) is 13.0. The van der Waals surface area contributed by atoms with E-state index in [1.165, 1.54) is 19.4 Å². The maximum atomic E-state index is 11.5. The van der Waals surface area contributed by atoms with Crippen molar-refractivity contribution in [2.45, 2.75) is 12.5 Å². The van der Waals surface area contributed by atoms with E-state index in [4.69, 9.17) is 20.8 Å². The van der Waals surface area contributed by atoms with E-state index in [1.807, 2.05) is 0 Å². The Balaban J connectivity index is 2.29. The smallest absolute Gasteiger partial charge is 0.256 e. The van der Waals surface area contributed by atoms with Gasteiger partial charge in [0.05, 0.1) is 24.5 Å². The van der Waals surface area contributed by atoms with Crippen molar-refractivity contribution in [1.82, 2.24) is 5.32 Å². The first-order valence-corrected chi connectivity index (χ1v) is 5.21. The predicted molar refractivity (Wildman–Crippen MR) is 58.6 cm³/mol. The minimum Gasteiger partial charge on any atom is -0.452 e. The highest BCUT2D eigenvalue weighted by Gasteiger charge is 2.12. The molecule has 1 aromatic rings. The molecule has 1 heterocycles. The van der Waals surface area contributed by atoms with Gasteiger partial charge in [-0.25, -0.2) is 0 Å². The third kappa shape index (κ3) is 3.84. The number of nitrogens with one attached hydrogen (secondary N) is 1. The molecular weight excluding hydrogens is 234 g/mol. The molecule has 6 heteroatoms. The lowest BCUT2D eigenvalue weighted by atomic mass is 10.2. The molecule has 0 aliphatic heterocycles. The Bertz CT molecular complexity index is 339. The molecule has 1 unspecified atom stereocenters. The highest BCUT2D eigenvalue weighted by molar-refractivity contribution is 6.32. The third-order valence-corrected chi connectivity index (χ3v) is 2.28. The van der Waals surface area contributed by atoms with Crippen LogP contribution in [0.25, 0.3) is 0 Å². The maximum Gasteiger partial charge on any atom is 0.256 e. The van der Waals surface area contributed by atoms with Gasteiger partial charge in [-0.2, -0.15) is 0 Å². The lowest BCUT2D eigenvalue weighted by Gasteiger charge is -2.09. The van der Waals surface area contributed by atoms with Crippen LogP contribution in [0.1, 0.15) is 16.8 Å². The van der Waals surface area contributed by atoms with E-state index in [2.05, 4.69) is 5.32 Å². The van der Waals surface area contributed by atoms with E-state index in [-0.39, 0.29) is 17.7 Å². The fourth-order valence-electron chi connectivity index (χ4n) is 1.18. The van der Waals surface area contributed by atoms with Crippen LogP contribution in [0.5, 0.6) is 0 Å². The van der Waals surface area contributed by atoms with Crippen LogP contribution >= 0.6 is 11.6 Å². The molecule has 16 heavy (non-hydrogen) atoms. The third-order valence-electron chi connectivity index (χ3n) is 1.98. The van der Waals surface area contributed by atoms with Crippen molar-refractivity contribution in [2.75, 3.05) is 20.3 Å². The summed E-state index contributed by atoms with van der Waals surface area (Å²) in [5.74, 6) is -0.316. The van der Waals surface area contributed by atoms with E-state index in [1.54, 1.807) is 0 Å². The van der Waals surface area contributed by atoms with Gasteiger partial charge in [-0.3, -0.25) is 4.79 Å². The van der Waals surface area contributed by atoms with Crippen LogP contribution in [-0.4, -0.2) is 37.4 Å². The standard InChI is InChI=1S/C10H14ClNO4/c1-15-6-7(13)2-4-12-10(14)8-3-5-16-9(8)11/h3,5,7,13H,2,4,6H2,1H3,(H,12,14). The van der Waals surface area contributed by atoms with E-state index in [0.717, 1.165) is 0 Å². The maximum absolute atomic E-state index is 11.5. The number of hydrogen-bond donors (Lipinski definition) is 2. The number of carbonyl (C=O) groups excluding carboxylic acids is 1. The molecule has 0 radical (unpaired) electrons. The summed E-state index contributed by atoms with van der Waals surface area (Å²) >= 11 is 5.63. The SMILES string of the molecule is COCC(O)CCNC(=O)c1ccoc1Cl. The summed E-state index contributed by atoms with van der Waals surface area (Å²) in [6, 6.07) is 1.49. The van der Waals surface area contributed by atoms with Gasteiger partial charge in [0, 0.05) is 13.7 Å². The van der Waals surface area contributed by atoms with Crippen LogP contribution in [0.4, 0.5) is 0 Å². The van der Waals surface area contributed by atoms with Crippen molar-refractivity contribution in [1.29, 1.82) is 0 Å². The summed E-state index contributed by atoms with van der Waals surface area (Å²) in [6.45, 7) is 0.604. The van der Waals surface area contributed by atoms with Gasteiger partial charge in [0.15, 0.2) is 0 Å². The fraction of sp³-hybridized carbons (Fsp3) is 0.500. The number of aliphatic hydroxyl groups excluding tert-OH is 1. The van der Waals surface area contributed by atoms with Gasteiger partial charge in [0.1, 0.15) is 0 Å². The number of ether oxygens (including phenoxy) is 1. The number of carbonyl (C=O) groups is 1. The van der Waals surface area contributed by atoms with Crippen LogP contribution < -0.4 is 5.32 Å². The van der Waals surface area contributed by atoms with Crippen LogP contribution in [0.2, 0.25) is 5.22 Å². The van der Waals surface area contributed by atoms with Crippen molar-refractivity contribution in [3.8, 4) is 0 Å². The van der Waals surface area contributed by atoms with Crippen molar-refractivity contribution in [3.63, 3.8) is 0 Å². The number of rotatable bonds is 6. The summed E-state index contributed by atoms with van der Waals surface area (Å²) in [5, 5.41) is 12.0. The van der Waals surface area contributed by atoms with E-state index >= 15 is 0 Å². The zero-order valence-corrected chi connectivity index (χ0v) is 9.66. The van der Waals surface area contributed by atoms with Gasteiger partial charge in [-0.15, -0.1) is 0 Å². The Kier molecular flexibility index (Phi) is 5.31. The number of halogens is 1. The summed E-state index contributed by atoms with van der Waals surface area (Å²) in [7, 11) is 1.51. The largest absolute Gasteiger partial charge is 0.452 e. The Morgan fingerprint density at radius 3 is 3.06 bits per heavy atom. The lowest BCUT2D eigenvalue weighted by molar-refractivity contribution is 0.0587. The van der Waals surface area contributed by atoms with E-state index in [0.29, 0.717) is 18.5 Å². The number of methoxy groups -OCH3 is 1. The van der Waals surface area contributed by atoms with Crippen molar-refractivity contribution in [3.05, 3.63) is 23.1 Å². The monoisotopic (exact) mass is 247 g/mol. The van der Waals surface area contributed by atoms with Gasteiger partial charge in [0.25, 0.3) is 5.91 Å². The van der Waals surface area contributed by atoms with Gasteiger partial charge < -0.3 is 19.6 Å². The summed E-state index contributed by atoms with van der Waals surface area (Å²) in [6.07, 6.45) is 1.19. The first-order valence-electron chi connectivity index (χ1n) is 4.83. The molecule has 90 valence electrons. The van der Waals surface area contributed by atoms with Crippen molar-refractivity contribution >= 4 is 17.5 Å². The fourth-order valence-corrected chi connectivity index (χ4v) is 1.38. The van der Waals surface area contributed by atoms with Crippen LogP contribution in [0.15, 0.2) is 16.7 Å². The molecule has 0 aromatic carbocycles. The van der Waals surface area contributed by atoms with Crippen LogP contribution in [0.3, 0.4) is 0 Å². The molecular formula is C10H14ClNO4. The quantitative estimate of drug-likeness (QED) is 0.789. The van der Waals surface area contributed by atoms with E-state index < -0.39 is 6.10 Å². The number of amides is 1. The number of hydrogen-bond acceptors (Lipinski definition) is 4. The average Bonchev–Trinajstić information content (AvgIpc) is 2.64. The summed E-state index contributed by atoms with van der Waals surface area (Å²) in [4.78, 5) is 11.5. The molecule has 1 atom stereocenters. The minimum absolute atomic E-state index is 0.0648. The van der Waals surface area contributed by atoms with E-state index in [9.17, 15) is 9.90 Å². The number of furan rings is 1. The van der Waals surface area contributed by atoms with Gasteiger partial charge in [0.2, 0.25) is 5.22 Å². The summed E-state index contributed by atoms with van der Waals surface area (Å²) < 4.78 is 9.54. The Morgan fingerprint density at radius 2 is 2.50 bits per heavy atom. The molecule has 1 rings (SSSR count). The molecule has 0 saturated carbocycles. The van der Waals surface area contributed by atoms with Gasteiger partial charge in [-0.05, 0) is 24.1 Å². The molecule has 1 aromatic heterocycles. The minimum atomic E-state index is -0.579. The molecule has 0 aliphatic carbocycles. The highest BCUT2D eigenvalue weighted by atomic mass is 35.5. The molecule has 5 nitrogen and oxygen atoms in total. The lowest BCUT2D eigenvalue weighted by Crippen LogP contribution is -2.28.